The summed E-state index contributed by atoms with van der Waals surface area (Å²) in [5.41, 5.74) is 5.08. The number of methoxy groups -OCH3 is 2. The molecule has 0 radical (unpaired) electrons. The molecule has 0 spiro atoms. The van der Waals surface area contributed by atoms with Crippen molar-refractivity contribution >= 4 is 27.3 Å². The zero-order valence-electron chi connectivity index (χ0n) is 26.6. The van der Waals surface area contributed by atoms with Crippen LogP contribution >= 0.6 is 0 Å². The minimum absolute atomic E-state index is 0.0740. The van der Waals surface area contributed by atoms with Crippen molar-refractivity contribution in [2.24, 2.45) is 0 Å². The molecule has 2 aromatic carbocycles. The fraction of sp³-hybridized carbons (Fsp3) is 0.353. The highest BCUT2D eigenvalue weighted by Crippen LogP contribution is 2.36. The molecular weight excluding hydrogens is 612 g/mol. The first kappa shape index (κ1) is 34.3. The number of fused-ring (bicyclic) bond motifs is 2. The van der Waals surface area contributed by atoms with Crippen molar-refractivity contribution in [1.29, 1.82) is 0 Å². The lowest BCUT2D eigenvalue weighted by molar-refractivity contribution is -0.159. The van der Waals surface area contributed by atoms with Crippen LogP contribution in [-0.2, 0) is 32.4 Å². The molecule has 5 rings (SSSR count). The highest BCUT2D eigenvalue weighted by Gasteiger charge is 2.28. The summed E-state index contributed by atoms with van der Waals surface area (Å²) < 4.78 is 46.5. The van der Waals surface area contributed by atoms with Crippen molar-refractivity contribution in [2.45, 2.75) is 55.9 Å². The zero-order valence-corrected chi connectivity index (χ0v) is 27.5. The topological polar surface area (TPSA) is 144 Å². The number of carbonyl (C=O) groups is 2. The molecule has 0 bridgehead atoms. The highest BCUT2D eigenvalue weighted by molar-refractivity contribution is 7.91. The molecule has 0 atom stereocenters. The minimum Gasteiger partial charge on any atom is -0.494 e. The van der Waals surface area contributed by atoms with Gasteiger partial charge < -0.3 is 28.8 Å². The average molecular weight is 653 g/mol. The molecule has 12 heteroatoms. The van der Waals surface area contributed by atoms with Crippen LogP contribution in [0.5, 0.6) is 17.2 Å². The van der Waals surface area contributed by atoms with Gasteiger partial charge in [-0.3, -0.25) is 4.90 Å². The Labute approximate surface area is 268 Å². The standard InChI is InChI=1S/C32H38N2O5S.C2H2O4/c1-22(2)28-21-34-15-6-8-23(3)31(34)32(28)40(35,36)27-11-9-26(10-12-27)39-17-7-14-33-16-13-24-18-29(37-4)30(38-5)19-25(24)20-33;3-1(4)2(5)6/h6,8-12,15,18-19,21-22H,7,13-14,16-17,20H2,1-5H3;(H,3,4)(H,5,6). The van der Waals surface area contributed by atoms with E-state index in [9.17, 15) is 8.42 Å². The summed E-state index contributed by atoms with van der Waals surface area (Å²) in [6, 6.07) is 14.9. The number of aryl methyl sites for hydroxylation is 1. The van der Waals surface area contributed by atoms with Crippen molar-refractivity contribution in [3.8, 4) is 17.2 Å². The minimum atomic E-state index is -3.71. The van der Waals surface area contributed by atoms with Crippen molar-refractivity contribution in [1.82, 2.24) is 9.30 Å². The van der Waals surface area contributed by atoms with E-state index in [0.29, 0.717) is 17.3 Å². The fourth-order valence-corrected chi connectivity index (χ4v) is 7.37. The van der Waals surface area contributed by atoms with Crippen molar-refractivity contribution < 1.29 is 42.4 Å². The van der Waals surface area contributed by atoms with E-state index in [0.717, 1.165) is 60.6 Å². The van der Waals surface area contributed by atoms with Gasteiger partial charge in [-0.25, -0.2) is 18.0 Å². The number of ether oxygens (including phenoxy) is 3. The molecule has 0 fully saturated rings. The molecule has 1 aliphatic heterocycles. The summed E-state index contributed by atoms with van der Waals surface area (Å²) in [6.07, 6.45) is 5.69. The number of benzene rings is 2. The van der Waals surface area contributed by atoms with Crippen LogP contribution in [0.3, 0.4) is 0 Å². The van der Waals surface area contributed by atoms with Crippen molar-refractivity contribution in [3.63, 3.8) is 0 Å². The molecule has 0 saturated carbocycles. The number of pyridine rings is 1. The number of aromatic nitrogens is 1. The Morgan fingerprint density at radius 3 is 2.17 bits per heavy atom. The number of aliphatic carboxylic acids is 2. The second kappa shape index (κ2) is 14.7. The molecule has 0 saturated heterocycles. The molecule has 2 N–H and O–H groups in total. The SMILES string of the molecule is COc1cc2c(cc1OC)CN(CCCOc1ccc(S(=O)(=O)c3c(C(C)C)cn4cccc(C)c34)cc1)CC2.O=C(O)C(=O)O. The Balaban J connectivity index is 0.000000731. The van der Waals surface area contributed by atoms with E-state index < -0.39 is 21.8 Å². The Morgan fingerprint density at radius 1 is 0.957 bits per heavy atom. The van der Waals surface area contributed by atoms with Crippen LogP contribution in [-0.4, -0.2) is 73.8 Å². The highest BCUT2D eigenvalue weighted by atomic mass is 32.2. The number of carboxylic acid groups (broad SMARTS) is 2. The molecule has 11 nitrogen and oxygen atoms in total. The van der Waals surface area contributed by atoms with Crippen LogP contribution in [0.4, 0.5) is 0 Å². The van der Waals surface area contributed by atoms with E-state index in [1.54, 1.807) is 38.5 Å². The predicted molar refractivity (Wildman–Crippen MR) is 172 cm³/mol. The average Bonchev–Trinajstić information content (AvgIpc) is 3.45. The van der Waals surface area contributed by atoms with Gasteiger partial charge in [-0.1, -0.05) is 19.9 Å². The fourth-order valence-electron chi connectivity index (χ4n) is 5.52. The van der Waals surface area contributed by atoms with Gasteiger partial charge in [0.2, 0.25) is 9.84 Å². The molecule has 4 aromatic rings. The van der Waals surface area contributed by atoms with Gasteiger partial charge in [0.15, 0.2) is 11.5 Å². The Bertz CT molecular complexity index is 1800. The summed E-state index contributed by atoms with van der Waals surface area (Å²) in [5, 5.41) is 14.8. The zero-order chi connectivity index (χ0) is 33.6. The van der Waals surface area contributed by atoms with Gasteiger partial charge in [0.1, 0.15) is 10.6 Å². The third-order valence-electron chi connectivity index (χ3n) is 7.87. The number of sulfone groups is 1. The molecule has 246 valence electrons. The summed E-state index contributed by atoms with van der Waals surface area (Å²) in [5.74, 6) is -1.37. The molecule has 0 aliphatic carbocycles. The van der Waals surface area contributed by atoms with Crippen LogP contribution in [0.25, 0.3) is 5.52 Å². The normalized spacial score (nSPS) is 13.1. The number of carboxylic acids is 2. The summed E-state index contributed by atoms with van der Waals surface area (Å²) >= 11 is 0. The largest absolute Gasteiger partial charge is 0.494 e. The number of hydrogen-bond acceptors (Lipinski definition) is 8. The number of nitrogens with zero attached hydrogens (tertiary/aromatic N) is 2. The molecule has 0 unspecified atom stereocenters. The van der Waals surface area contributed by atoms with E-state index >= 15 is 0 Å². The molecule has 46 heavy (non-hydrogen) atoms. The number of hydrogen-bond donors (Lipinski definition) is 2. The smallest absolute Gasteiger partial charge is 0.414 e. The van der Waals surface area contributed by atoms with E-state index in [1.807, 2.05) is 49.7 Å². The monoisotopic (exact) mass is 652 g/mol. The first-order valence-corrected chi connectivity index (χ1v) is 16.4. The molecule has 1 aliphatic rings. The molecule has 2 aromatic heterocycles. The van der Waals surface area contributed by atoms with Crippen LogP contribution in [0, 0.1) is 6.92 Å². The van der Waals surface area contributed by atoms with E-state index in [-0.39, 0.29) is 10.8 Å². The van der Waals surface area contributed by atoms with Gasteiger partial charge in [0.05, 0.1) is 31.2 Å². The molecule has 0 amide bonds. The quantitative estimate of drug-likeness (QED) is 0.173. The van der Waals surface area contributed by atoms with Gasteiger partial charge in [-0.15, -0.1) is 0 Å². The second-order valence-corrected chi connectivity index (χ2v) is 13.2. The first-order chi connectivity index (χ1) is 21.9. The van der Waals surface area contributed by atoms with Crippen LogP contribution in [0.15, 0.2) is 70.7 Å². The van der Waals surface area contributed by atoms with Crippen molar-refractivity contribution in [3.05, 3.63) is 83.2 Å². The third kappa shape index (κ3) is 7.63. The van der Waals surface area contributed by atoms with E-state index in [1.165, 1.54) is 11.1 Å². The summed E-state index contributed by atoms with van der Waals surface area (Å²) in [7, 11) is -0.381. The Morgan fingerprint density at radius 2 is 1.59 bits per heavy atom. The van der Waals surface area contributed by atoms with Crippen LogP contribution in [0.1, 0.15) is 48.4 Å². The lowest BCUT2D eigenvalue weighted by Crippen LogP contribution is -2.32. The maximum atomic E-state index is 13.8. The van der Waals surface area contributed by atoms with E-state index in [2.05, 4.69) is 17.0 Å². The second-order valence-electron chi connectivity index (χ2n) is 11.3. The van der Waals surface area contributed by atoms with Crippen molar-refractivity contribution in [2.75, 3.05) is 33.9 Å². The van der Waals surface area contributed by atoms with Gasteiger partial charge in [-0.05, 0) is 90.4 Å². The third-order valence-corrected chi connectivity index (χ3v) is 9.73. The summed E-state index contributed by atoms with van der Waals surface area (Å²) in [6.45, 7) is 9.33. The van der Waals surface area contributed by atoms with E-state index in [4.69, 9.17) is 34.0 Å². The Kier molecular flexibility index (Phi) is 11.0. The van der Waals surface area contributed by atoms with Gasteiger partial charge in [-0.2, -0.15) is 0 Å². The van der Waals surface area contributed by atoms with Gasteiger partial charge in [0, 0.05) is 32.0 Å². The maximum absolute atomic E-state index is 13.8. The Hall–Kier alpha value is -4.55. The molecule has 3 heterocycles. The van der Waals surface area contributed by atoms with Crippen LogP contribution in [0.2, 0.25) is 0 Å². The first-order valence-electron chi connectivity index (χ1n) is 14.9. The molecular formula is C34H40N2O9S. The predicted octanol–water partition coefficient (Wildman–Crippen LogP) is 5.20. The maximum Gasteiger partial charge on any atom is 0.414 e. The summed E-state index contributed by atoms with van der Waals surface area (Å²) in [4.78, 5) is 21.3. The van der Waals surface area contributed by atoms with Crippen LogP contribution < -0.4 is 14.2 Å². The number of rotatable bonds is 10. The van der Waals surface area contributed by atoms with Gasteiger partial charge in [0.25, 0.3) is 0 Å². The lowest BCUT2D eigenvalue weighted by atomic mass is 9.98. The lowest BCUT2D eigenvalue weighted by Gasteiger charge is -2.29. The van der Waals surface area contributed by atoms with Gasteiger partial charge >= 0.3 is 11.9 Å².